The van der Waals surface area contributed by atoms with Crippen LogP contribution < -0.4 is 5.32 Å². The Morgan fingerprint density at radius 3 is 2.65 bits per heavy atom. The number of hydrogen-bond donors (Lipinski definition) is 1. The highest BCUT2D eigenvalue weighted by atomic mass is 32.2. The van der Waals surface area contributed by atoms with Gasteiger partial charge in [0, 0.05) is 44.2 Å². The van der Waals surface area contributed by atoms with E-state index in [-0.39, 0.29) is 23.1 Å². The van der Waals surface area contributed by atoms with Crippen molar-refractivity contribution in [2.75, 3.05) is 18.8 Å². The first kappa shape index (κ1) is 16.4. The molecule has 0 aliphatic carbocycles. The molecule has 1 aromatic rings. The number of nitrogens with one attached hydrogen (secondary N) is 1. The standard InChI is InChI=1S/C15H24N4O3S/c1-3-8-23(21,22)19-6-4-15(5-7-19)13(9-14(20)17-15)12-10-16-18(2)11-12/h10-11,13H,3-9H2,1-2H3,(H,17,20). The van der Waals surface area contributed by atoms with Crippen molar-refractivity contribution in [1.82, 2.24) is 19.4 Å². The van der Waals surface area contributed by atoms with E-state index in [9.17, 15) is 13.2 Å². The number of aryl methyl sites for hydroxylation is 1. The van der Waals surface area contributed by atoms with Crippen molar-refractivity contribution in [3.63, 3.8) is 0 Å². The molecule has 23 heavy (non-hydrogen) atoms. The molecule has 2 fully saturated rings. The summed E-state index contributed by atoms with van der Waals surface area (Å²) >= 11 is 0. The van der Waals surface area contributed by atoms with Gasteiger partial charge in [0.05, 0.1) is 11.9 Å². The van der Waals surface area contributed by atoms with Crippen LogP contribution in [0.5, 0.6) is 0 Å². The van der Waals surface area contributed by atoms with Crippen molar-refractivity contribution in [2.45, 2.75) is 44.1 Å². The molecule has 1 atom stereocenters. The quantitative estimate of drug-likeness (QED) is 0.870. The molecule has 8 heteroatoms. The number of amides is 1. The molecule has 3 rings (SSSR count). The van der Waals surface area contributed by atoms with Crippen molar-refractivity contribution >= 4 is 15.9 Å². The molecule has 2 aliphatic rings. The second-order valence-electron chi connectivity index (χ2n) is 6.62. The van der Waals surface area contributed by atoms with Gasteiger partial charge in [-0.1, -0.05) is 6.92 Å². The predicted molar refractivity (Wildman–Crippen MR) is 86.3 cm³/mol. The predicted octanol–water partition coefficient (Wildman–Crippen LogP) is 0.598. The van der Waals surface area contributed by atoms with E-state index >= 15 is 0 Å². The van der Waals surface area contributed by atoms with Crippen LogP contribution in [-0.4, -0.2) is 52.8 Å². The third-order valence-corrected chi connectivity index (χ3v) is 7.12. The lowest BCUT2D eigenvalue weighted by atomic mass is 9.75. The zero-order chi connectivity index (χ0) is 16.7. The summed E-state index contributed by atoms with van der Waals surface area (Å²) in [5.41, 5.74) is 0.717. The third kappa shape index (κ3) is 3.01. The monoisotopic (exact) mass is 340 g/mol. The van der Waals surface area contributed by atoms with Gasteiger partial charge in [0.2, 0.25) is 15.9 Å². The number of carbonyl (C=O) groups excluding carboxylic acids is 1. The van der Waals surface area contributed by atoms with Crippen molar-refractivity contribution in [1.29, 1.82) is 0 Å². The Morgan fingerprint density at radius 2 is 2.09 bits per heavy atom. The maximum atomic E-state index is 12.2. The van der Waals surface area contributed by atoms with Gasteiger partial charge in [0.1, 0.15) is 0 Å². The fourth-order valence-corrected chi connectivity index (χ4v) is 5.39. The highest BCUT2D eigenvalue weighted by Gasteiger charge is 2.50. The number of rotatable bonds is 4. The minimum atomic E-state index is -3.17. The lowest BCUT2D eigenvalue weighted by Gasteiger charge is -2.42. The summed E-state index contributed by atoms with van der Waals surface area (Å²) < 4.78 is 27.8. The van der Waals surface area contributed by atoms with Gasteiger partial charge in [0.15, 0.2) is 0 Å². The summed E-state index contributed by atoms with van der Waals surface area (Å²) in [4.78, 5) is 12.0. The Morgan fingerprint density at radius 1 is 1.39 bits per heavy atom. The number of aromatic nitrogens is 2. The second-order valence-corrected chi connectivity index (χ2v) is 8.71. The third-order valence-electron chi connectivity index (χ3n) is 5.04. The minimum Gasteiger partial charge on any atom is -0.350 e. The Bertz CT molecular complexity index is 689. The molecule has 0 radical (unpaired) electrons. The Kier molecular flexibility index (Phi) is 4.22. The largest absolute Gasteiger partial charge is 0.350 e. The lowest BCUT2D eigenvalue weighted by Crippen LogP contribution is -2.54. The normalized spacial score (nSPS) is 25.0. The number of hydrogen-bond acceptors (Lipinski definition) is 4. The molecule has 1 amide bonds. The van der Waals surface area contributed by atoms with E-state index in [1.165, 1.54) is 0 Å². The molecule has 1 unspecified atom stereocenters. The van der Waals surface area contributed by atoms with Crippen LogP contribution >= 0.6 is 0 Å². The Labute approximate surface area is 137 Å². The number of piperidine rings is 1. The maximum Gasteiger partial charge on any atom is 0.221 e. The molecule has 1 spiro atoms. The second kappa shape index (κ2) is 5.90. The molecule has 2 aliphatic heterocycles. The van der Waals surface area contributed by atoms with E-state index in [4.69, 9.17) is 0 Å². The first-order valence-electron chi connectivity index (χ1n) is 8.14. The smallest absolute Gasteiger partial charge is 0.221 e. The summed E-state index contributed by atoms with van der Waals surface area (Å²) in [6.07, 6.45) is 6.15. The van der Waals surface area contributed by atoms with E-state index in [0.29, 0.717) is 38.8 Å². The van der Waals surface area contributed by atoms with Gasteiger partial charge in [-0.3, -0.25) is 9.48 Å². The van der Waals surface area contributed by atoms with Crippen LogP contribution in [-0.2, 0) is 21.9 Å². The molecule has 128 valence electrons. The van der Waals surface area contributed by atoms with Gasteiger partial charge < -0.3 is 5.32 Å². The maximum absolute atomic E-state index is 12.2. The first-order valence-corrected chi connectivity index (χ1v) is 9.74. The van der Waals surface area contributed by atoms with E-state index in [1.54, 1.807) is 8.99 Å². The zero-order valence-electron chi connectivity index (χ0n) is 13.7. The van der Waals surface area contributed by atoms with Gasteiger partial charge in [-0.15, -0.1) is 0 Å². The SMILES string of the molecule is CCCS(=O)(=O)N1CCC2(CC1)NC(=O)CC2c1cnn(C)c1. The van der Waals surface area contributed by atoms with Crippen molar-refractivity contribution in [2.24, 2.45) is 7.05 Å². The fraction of sp³-hybridized carbons (Fsp3) is 0.733. The van der Waals surface area contributed by atoms with Crippen LogP contribution in [0, 0.1) is 0 Å². The molecular formula is C15H24N4O3S. The van der Waals surface area contributed by atoms with E-state index < -0.39 is 10.0 Å². The van der Waals surface area contributed by atoms with E-state index in [0.717, 1.165) is 5.56 Å². The topological polar surface area (TPSA) is 84.3 Å². The fourth-order valence-electron chi connectivity index (χ4n) is 3.88. The van der Waals surface area contributed by atoms with Crippen LogP contribution in [0.3, 0.4) is 0 Å². The lowest BCUT2D eigenvalue weighted by molar-refractivity contribution is -0.120. The van der Waals surface area contributed by atoms with Crippen molar-refractivity contribution in [3.8, 4) is 0 Å². The Balaban J connectivity index is 1.79. The molecular weight excluding hydrogens is 316 g/mol. The van der Waals surface area contributed by atoms with Gasteiger partial charge in [-0.05, 0) is 24.8 Å². The van der Waals surface area contributed by atoms with Crippen LogP contribution in [0.25, 0.3) is 0 Å². The molecule has 3 heterocycles. The van der Waals surface area contributed by atoms with Gasteiger partial charge >= 0.3 is 0 Å². The zero-order valence-corrected chi connectivity index (χ0v) is 14.5. The highest BCUT2D eigenvalue weighted by molar-refractivity contribution is 7.89. The summed E-state index contributed by atoms with van der Waals surface area (Å²) in [5.74, 6) is 0.307. The summed E-state index contributed by atoms with van der Waals surface area (Å²) in [6, 6.07) is 0. The molecule has 0 bridgehead atoms. The average Bonchev–Trinajstić information content (AvgIpc) is 3.03. The van der Waals surface area contributed by atoms with Crippen molar-refractivity contribution < 1.29 is 13.2 Å². The van der Waals surface area contributed by atoms with Crippen LogP contribution in [0.1, 0.15) is 44.1 Å². The number of nitrogens with zero attached hydrogens (tertiary/aromatic N) is 3. The Hall–Kier alpha value is -1.41. The van der Waals surface area contributed by atoms with Gasteiger partial charge in [-0.25, -0.2) is 12.7 Å². The summed E-state index contributed by atoms with van der Waals surface area (Å²) in [5, 5.41) is 7.35. The van der Waals surface area contributed by atoms with Crippen LogP contribution in [0.2, 0.25) is 0 Å². The molecule has 2 saturated heterocycles. The van der Waals surface area contributed by atoms with E-state index in [1.807, 2.05) is 26.4 Å². The molecule has 1 N–H and O–H groups in total. The number of carbonyl (C=O) groups is 1. The van der Waals surface area contributed by atoms with Gasteiger partial charge in [-0.2, -0.15) is 5.10 Å². The van der Waals surface area contributed by atoms with Crippen LogP contribution in [0.4, 0.5) is 0 Å². The minimum absolute atomic E-state index is 0.0451. The number of sulfonamides is 1. The van der Waals surface area contributed by atoms with Gasteiger partial charge in [0.25, 0.3) is 0 Å². The summed E-state index contributed by atoms with van der Waals surface area (Å²) in [7, 11) is -1.31. The van der Waals surface area contributed by atoms with Crippen LogP contribution in [0.15, 0.2) is 12.4 Å². The first-order chi connectivity index (χ1) is 10.9. The molecule has 0 saturated carbocycles. The van der Waals surface area contributed by atoms with Crippen molar-refractivity contribution in [3.05, 3.63) is 18.0 Å². The average molecular weight is 340 g/mol. The molecule has 1 aromatic heterocycles. The highest BCUT2D eigenvalue weighted by Crippen LogP contribution is 2.43. The summed E-state index contributed by atoms with van der Waals surface area (Å²) in [6.45, 7) is 2.82. The molecule has 7 nitrogen and oxygen atoms in total. The molecule has 0 aromatic carbocycles. The van der Waals surface area contributed by atoms with E-state index in [2.05, 4.69) is 10.4 Å².